The molecule has 6 nitrogen and oxygen atoms in total. The van der Waals surface area contributed by atoms with Crippen LogP contribution in [0.25, 0.3) is 0 Å². The Morgan fingerprint density at radius 1 is 1.04 bits per heavy atom. The van der Waals surface area contributed by atoms with E-state index in [1.807, 2.05) is 6.92 Å². The van der Waals surface area contributed by atoms with Crippen molar-refractivity contribution in [3.63, 3.8) is 0 Å². The van der Waals surface area contributed by atoms with E-state index in [-0.39, 0.29) is 23.9 Å². The standard InChI is InChI=1S/C21H21NO5/c1-3-4-11-27-21(25)17-12-14(9-10-18(17)26-2)13-22-19(23)15-7-5-6-8-16(15)20(22)24/h5-10,12H,3-4,11,13H2,1-2H3. The Bertz CT molecular complexity index is 855. The fourth-order valence-electron chi connectivity index (χ4n) is 2.97. The molecule has 0 aliphatic carbocycles. The van der Waals surface area contributed by atoms with Gasteiger partial charge >= 0.3 is 5.97 Å². The van der Waals surface area contributed by atoms with Crippen molar-refractivity contribution in [1.29, 1.82) is 0 Å². The van der Waals surface area contributed by atoms with Gasteiger partial charge in [-0.15, -0.1) is 0 Å². The molecule has 0 spiro atoms. The van der Waals surface area contributed by atoms with Crippen LogP contribution < -0.4 is 4.74 Å². The minimum absolute atomic E-state index is 0.0750. The molecule has 3 rings (SSSR count). The first-order valence-electron chi connectivity index (χ1n) is 8.86. The summed E-state index contributed by atoms with van der Waals surface area (Å²) in [6.45, 7) is 2.42. The number of fused-ring (bicyclic) bond motifs is 1. The number of methoxy groups -OCH3 is 1. The van der Waals surface area contributed by atoms with Gasteiger partial charge in [-0.25, -0.2) is 4.79 Å². The molecule has 2 amide bonds. The molecule has 0 saturated heterocycles. The van der Waals surface area contributed by atoms with Crippen LogP contribution >= 0.6 is 0 Å². The van der Waals surface area contributed by atoms with Gasteiger partial charge in [0.05, 0.1) is 31.4 Å². The fraction of sp³-hybridized carbons (Fsp3) is 0.286. The number of nitrogens with zero attached hydrogens (tertiary/aromatic N) is 1. The van der Waals surface area contributed by atoms with Crippen LogP contribution in [0.1, 0.15) is 56.4 Å². The third kappa shape index (κ3) is 3.69. The Morgan fingerprint density at radius 3 is 2.30 bits per heavy atom. The van der Waals surface area contributed by atoms with Crippen molar-refractivity contribution in [2.24, 2.45) is 0 Å². The molecule has 0 N–H and O–H groups in total. The molecule has 27 heavy (non-hydrogen) atoms. The van der Waals surface area contributed by atoms with Gasteiger partial charge < -0.3 is 9.47 Å². The van der Waals surface area contributed by atoms with Gasteiger partial charge in [-0.2, -0.15) is 0 Å². The van der Waals surface area contributed by atoms with E-state index < -0.39 is 5.97 Å². The van der Waals surface area contributed by atoms with Crippen LogP contribution in [0.15, 0.2) is 42.5 Å². The SMILES string of the molecule is CCCCOC(=O)c1cc(CN2C(=O)c3ccccc3C2=O)ccc1OC. The normalized spacial score (nSPS) is 12.9. The molecule has 140 valence electrons. The third-order valence-corrected chi connectivity index (χ3v) is 4.43. The Kier molecular flexibility index (Phi) is 5.54. The molecule has 0 atom stereocenters. The van der Waals surface area contributed by atoms with Crippen LogP contribution in [0, 0.1) is 0 Å². The molecular weight excluding hydrogens is 346 g/mol. The molecule has 2 aromatic rings. The largest absolute Gasteiger partial charge is 0.496 e. The molecular formula is C21H21NO5. The Labute approximate surface area is 157 Å². The highest BCUT2D eigenvalue weighted by molar-refractivity contribution is 6.21. The lowest BCUT2D eigenvalue weighted by Crippen LogP contribution is -2.29. The topological polar surface area (TPSA) is 72.9 Å². The van der Waals surface area contributed by atoms with Crippen molar-refractivity contribution in [3.05, 3.63) is 64.7 Å². The summed E-state index contributed by atoms with van der Waals surface area (Å²) >= 11 is 0. The number of benzene rings is 2. The number of rotatable bonds is 7. The van der Waals surface area contributed by atoms with Crippen LogP contribution in [-0.2, 0) is 11.3 Å². The van der Waals surface area contributed by atoms with E-state index in [2.05, 4.69) is 0 Å². The Morgan fingerprint density at radius 2 is 1.70 bits per heavy atom. The molecule has 0 aromatic heterocycles. The van der Waals surface area contributed by atoms with Crippen molar-refractivity contribution >= 4 is 17.8 Å². The van der Waals surface area contributed by atoms with Gasteiger partial charge in [-0.1, -0.05) is 31.5 Å². The molecule has 2 aromatic carbocycles. The highest BCUT2D eigenvalue weighted by atomic mass is 16.5. The summed E-state index contributed by atoms with van der Waals surface area (Å²) in [5, 5.41) is 0. The van der Waals surface area contributed by atoms with Gasteiger partial charge in [-0.05, 0) is 36.2 Å². The first-order valence-corrected chi connectivity index (χ1v) is 8.86. The van der Waals surface area contributed by atoms with E-state index >= 15 is 0 Å². The average Bonchev–Trinajstić information content (AvgIpc) is 2.93. The van der Waals surface area contributed by atoms with Crippen LogP contribution in [0.5, 0.6) is 5.75 Å². The zero-order valence-corrected chi connectivity index (χ0v) is 15.4. The molecule has 1 aliphatic rings. The maximum absolute atomic E-state index is 12.5. The van der Waals surface area contributed by atoms with Gasteiger partial charge in [0.15, 0.2) is 0 Å². The number of hydrogen-bond donors (Lipinski definition) is 0. The van der Waals surface area contributed by atoms with Crippen molar-refractivity contribution in [3.8, 4) is 5.75 Å². The molecule has 0 bridgehead atoms. The van der Waals surface area contributed by atoms with E-state index in [0.29, 0.717) is 29.0 Å². The molecule has 0 saturated carbocycles. The summed E-state index contributed by atoms with van der Waals surface area (Å²) in [4.78, 5) is 38.6. The minimum atomic E-state index is -0.482. The number of ether oxygens (including phenoxy) is 2. The second kappa shape index (κ2) is 8.03. The summed E-state index contributed by atoms with van der Waals surface area (Å²) in [5.74, 6) is -0.760. The monoisotopic (exact) mass is 367 g/mol. The summed E-state index contributed by atoms with van der Waals surface area (Å²) in [6, 6.07) is 11.7. The lowest BCUT2D eigenvalue weighted by Gasteiger charge is -2.16. The van der Waals surface area contributed by atoms with Gasteiger partial charge in [0.2, 0.25) is 0 Å². The van der Waals surface area contributed by atoms with E-state index in [1.165, 1.54) is 12.0 Å². The van der Waals surface area contributed by atoms with Gasteiger partial charge in [0.1, 0.15) is 11.3 Å². The van der Waals surface area contributed by atoms with Crippen molar-refractivity contribution < 1.29 is 23.9 Å². The van der Waals surface area contributed by atoms with E-state index in [0.717, 1.165) is 12.8 Å². The second-order valence-corrected chi connectivity index (χ2v) is 6.27. The van der Waals surface area contributed by atoms with Crippen LogP contribution in [-0.4, -0.2) is 36.4 Å². The number of amides is 2. The molecule has 0 fully saturated rings. The highest BCUT2D eigenvalue weighted by Gasteiger charge is 2.35. The summed E-state index contributed by atoms with van der Waals surface area (Å²) in [5.41, 5.74) is 1.72. The average molecular weight is 367 g/mol. The van der Waals surface area contributed by atoms with E-state index in [1.54, 1.807) is 42.5 Å². The molecule has 1 aliphatic heterocycles. The summed E-state index contributed by atoms with van der Waals surface area (Å²) in [7, 11) is 1.47. The summed E-state index contributed by atoms with van der Waals surface area (Å²) in [6.07, 6.45) is 1.70. The number of hydrogen-bond acceptors (Lipinski definition) is 5. The Balaban J connectivity index is 1.82. The minimum Gasteiger partial charge on any atom is -0.496 e. The lowest BCUT2D eigenvalue weighted by atomic mass is 10.1. The lowest BCUT2D eigenvalue weighted by molar-refractivity contribution is 0.0495. The highest BCUT2D eigenvalue weighted by Crippen LogP contribution is 2.26. The first kappa shape index (κ1) is 18.6. The zero-order valence-electron chi connectivity index (χ0n) is 15.4. The van der Waals surface area contributed by atoms with Gasteiger partial charge in [0.25, 0.3) is 11.8 Å². The number of unbranched alkanes of at least 4 members (excludes halogenated alkanes) is 1. The van der Waals surface area contributed by atoms with Crippen molar-refractivity contribution in [1.82, 2.24) is 4.90 Å². The smallest absolute Gasteiger partial charge is 0.341 e. The number of carbonyl (C=O) groups excluding carboxylic acids is 3. The molecule has 6 heteroatoms. The zero-order chi connectivity index (χ0) is 19.4. The maximum Gasteiger partial charge on any atom is 0.341 e. The van der Waals surface area contributed by atoms with Crippen LogP contribution in [0.4, 0.5) is 0 Å². The second-order valence-electron chi connectivity index (χ2n) is 6.27. The quantitative estimate of drug-likeness (QED) is 0.426. The molecule has 0 unspecified atom stereocenters. The van der Waals surface area contributed by atoms with Crippen LogP contribution in [0.3, 0.4) is 0 Å². The predicted molar refractivity (Wildman–Crippen MR) is 98.8 cm³/mol. The van der Waals surface area contributed by atoms with E-state index in [9.17, 15) is 14.4 Å². The fourth-order valence-corrected chi connectivity index (χ4v) is 2.97. The van der Waals surface area contributed by atoms with Gasteiger partial charge in [-0.3, -0.25) is 14.5 Å². The maximum atomic E-state index is 12.5. The van der Waals surface area contributed by atoms with Gasteiger partial charge in [0, 0.05) is 0 Å². The number of esters is 1. The first-order chi connectivity index (χ1) is 13.1. The molecule has 1 heterocycles. The number of imide groups is 1. The Hall–Kier alpha value is -3.15. The number of carbonyl (C=O) groups is 3. The van der Waals surface area contributed by atoms with Crippen LogP contribution in [0.2, 0.25) is 0 Å². The van der Waals surface area contributed by atoms with E-state index in [4.69, 9.17) is 9.47 Å². The molecule has 0 radical (unpaired) electrons. The summed E-state index contributed by atoms with van der Waals surface area (Å²) < 4.78 is 10.5. The predicted octanol–water partition coefficient (Wildman–Crippen LogP) is 3.45. The van der Waals surface area contributed by atoms with Crippen molar-refractivity contribution in [2.75, 3.05) is 13.7 Å². The van der Waals surface area contributed by atoms with Crippen molar-refractivity contribution in [2.45, 2.75) is 26.3 Å². The third-order valence-electron chi connectivity index (χ3n) is 4.43.